The molecular formula is C20H20N2O2. The van der Waals surface area contributed by atoms with Crippen LogP contribution in [-0.2, 0) is 0 Å². The highest BCUT2D eigenvalue weighted by Crippen LogP contribution is 2.22. The van der Waals surface area contributed by atoms with E-state index in [1.165, 1.54) is 5.56 Å². The van der Waals surface area contributed by atoms with Crippen LogP contribution >= 0.6 is 0 Å². The third kappa shape index (κ3) is 3.66. The van der Waals surface area contributed by atoms with Crippen molar-refractivity contribution in [3.8, 4) is 5.75 Å². The van der Waals surface area contributed by atoms with Crippen molar-refractivity contribution >= 4 is 22.5 Å². The third-order valence-electron chi connectivity index (χ3n) is 3.99. The smallest absolute Gasteiger partial charge is 0.321 e. The summed E-state index contributed by atoms with van der Waals surface area (Å²) in [5, 5.41) is 7.66. The first-order chi connectivity index (χ1) is 11.6. The lowest BCUT2D eigenvalue weighted by Crippen LogP contribution is -2.32. The molecule has 4 heteroatoms. The molecule has 0 heterocycles. The Morgan fingerprint density at radius 1 is 0.958 bits per heavy atom. The molecule has 0 atom stereocenters. The van der Waals surface area contributed by atoms with E-state index in [-0.39, 0.29) is 12.8 Å². The van der Waals surface area contributed by atoms with Crippen LogP contribution < -0.4 is 15.4 Å². The van der Waals surface area contributed by atoms with Crippen molar-refractivity contribution in [1.29, 1.82) is 0 Å². The van der Waals surface area contributed by atoms with Gasteiger partial charge in [0.1, 0.15) is 5.75 Å². The van der Waals surface area contributed by atoms with E-state index in [4.69, 9.17) is 4.74 Å². The number of hydrogen-bond acceptors (Lipinski definition) is 2. The zero-order valence-corrected chi connectivity index (χ0v) is 13.8. The highest BCUT2D eigenvalue weighted by atomic mass is 16.5. The van der Waals surface area contributed by atoms with Gasteiger partial charge in [-0.2, -0.15) is 0 Å². The topological polar surface area (TPSA) is 50.4 Å². The van der Waals surface area contributed by atoms with Gasteiger partial charge in [0.25, 0.3) is 0 Å². The van der Waals surface area contributed by atoms with Crippen LogP contribution in [0.1, 0.15) is 11.1 Å². The van der Waals surface area contributed by atoms with Crippen molar-refractivity contribution in [3.63, 3.8) is 0 Å². The van der Waals surface area contributed by atoms with Crippen LogP contribution in [0.25, 0.3) is 10.8 Å². The molecule has 24 heavy (non-hydrogen) atoms. The second kappa shape index (κ2) is 7.04. The van der Waals surface area contributed by atoms with Gasteiger partial charge in [-0.3, -0.25) is 0 Å². The fourth-order valence-electron chi connectivity index (χ4n) is 2.49. The summed E-state index contributed by atoms with van der Waals surface area (Å²) in [6.07, 6.45) is 0. The summed E-state index contributed by atoms with van der Waals surface area (Å²) in [5.74, 6) is 0.739. The zero-order valence-electron chi connectivity index (χ0n) is 13.8. The van der Waals surface area contributed by atoms with E-state index in [1.807, 2.05) is 67.6 Å². The summed E-state index contributed by atoms with van der Waals surface area (Å²) in [7, 11) is 0. The van der Waals surface area contributed by atoms with Crippen LogP contribution in [0.2, 0.25) is 0 Å². The van der Waals surface area contributed by atoms with Crippen molar-refractivity contribution in [2.24, 2.45) is 0 Å². The molecule has 0 aliphatic carbocycles. The van der Waals surface area contributed by atoms with Gasteiger partial charge in [0.2, 0.25) is 0 Å². The second-order valence-corrected chi connectivity index (χ2v) is 5.69. The summed E-state index contributed by atoms with van der Waals surface area (Å²) in [6.45, 7) is 4.19. The van der Waals surface area contributed by atoms with Crippen molar-refractivity contribution in [3.05, 3.63) is 71.8 Å². The largest absolute Gasteiger partial charge is 0.473 e. The summed E-state index contributed by atoms with van der Waals surface area (Å²) in [4.78, 5) is 12.1. The predicted molar refractivity (Wildman–Crippen MR) is 97.5 cm³/mol. The number of rotatable bonds is 4. The van der Waals surface area contributed by atoms with Gasteiger partial charge in [0, 0.05) is 5.39 Å². The third-order valence-corrected chi connectivity index (χ3v) is 3.99. The lowest BCUT2D eigenvalue weighted by atomic mass is 10.1. The Bertz CT molecular complexity index is 869. The second-order valence-electron chi connectivity index (χ2n) is 5.69. The normalized spacial score (nSPS) is 10.4. The van der Waals surface area contributed by atoms with Gasteiger partial charge < -0.3 is 15.4 Å². The average Bonchev–Trinajstić information content (AvgIpc) is 2.58. The maximum atomic E-state index is 12.1. The molecule has 0 aliphatic heterocycles. The maximum absolute atomic E-state index is 12.1. The van der Waals surface area contributed by atoms with Gasteiger partial charge in [0.05, 0.1) is 5.69 Å². The number of aryl methyl sites for hydroxylation is 2. The first-order valence-electron chi connectivity index (χ1n) is 7.86. The molecule has 0 unspecified atom stereocenters. The lowest BCUT2D eigenvalue weighted by Gasteiger charge is -2.12. The van der Waals surface area contributed by atoms with E-state index in [0.29, 0.717) is 0 Å². The molecule has 0 bridgehead atoms. The molecule has 4 nitrogen and oxygen atoms in total. The molecule has 0 aromatic heterocycles. The van der Waals surface area contributed by atoms with Crippen LogP contribution in [0.15, 0.2) is 60.7 Å². The van der Waals surface area contributed by atoms with E-state index in [9.17, 15) is 4.79 Å². The Balaban J connectivity index is 1.58. The standard InChI is InChI=1S/C20H20N2O2/c1-14-10-11-17(12-15(14)2)24-13-21-20(23)22-19-9-5-7-16-6-3-4-8-18(16)19/h3-12H,13H2,1-2H3,(H2,21,22,23). The van der Waals surface area contributed by atoms with Crippen LogP contribution in [0.3, 0.4) is 0 Å². The molecule has 0 saturated heterocycles. The molecule has 3 rings (SSSR count). The Morgan fingerprint density at radius 2 is 1.75 bits per heavy atom. The number of hydrogen-bond donors (Lipinski definition) is 2. The fraction of sp³-hybridized carbons (Fsp3) is 0.150. The number of amides is 2. The zero-order chi connectivity index (χ0) is 16.9. The molecule has 0 saturated carbocycles. The molecule has 3 aromatic rings. The summed E-state index contributed by atoms with van der Waals surface area (Å²) >= 11 is 0. The quantitative estimate of drug-likeness (QED) is 0.689. The number of carbonyl (C=O) groups is 1. The summed E-state index contributed by atoms with van der Waals surface area (Å²) < 4.78 is 5.57. The van der Waals surface area contributed by atoms with Gasteiger partial charge in [-0.05, 0) is 48.6 Å². The number of benzene rings is 3. The monoisotopic (exact) mass is 320 g/mol. The minimum Gasteiger partial charge on any atom is -0.473 e. The Hall–Kier alpha value is -3.01. The van der Waals surface area contributed by atoms with Gasteiger partial charge in [-0.25, -0.2) is 4.79 Å². The maximum Gasteiger partial charge on any atom is 0.321 e. The first kappa shape index (κ1) is 15.9. The predicted octanol–water partition coefficient (Wildman–Crippen LogP) is 4.61. The van der Waals surface area contributed by atoms with Gasteiger partial charge >= 0.3 is 6.03 Å². The number of carbonyl (C=O) groups excluding carboxylic acids is 1. The molecule has 122 valence electrons. The molecule has 2 amide bonds. The lowest BCUT2D eigenvalue weighted by molar-refractivity contribution is 0.234. The van der Waals surface area contributed by atoms with Gasteiger partial charge in [-0.1, -0.05) is 42.5 Å². The first-order valence-corrected chi connectivity index (χ1v) is 7.86. The average molecular weight is 320 g/mol. The number of ether oxygens (including phenoxy) is 1. The molecule has 3 aromatic carbocycles. The number of fused-ring (bicyclic) bond motifs is 1. The number of anilines is 1. The van der Waals surface area contributed by atoms with Crippen molar-refractivity contribution in [1.82, 2.24) is 5.32 Å². The highest BCUT2D eigenvalue weighted by molar-refractivity contribution is 6.01. The van der Waals surface area contributed by atoms with Crippen LogP contribution in [0.4, 0.5) is 10.5 Å². The SMILES string of the molecule is Cc1ccc(OCNC(=O)Nc2cccc3ccccc23)cc1C. The van der Waals surface area contributed by atoms with Gasteiger partial charge in [0.15, 0.2) is 6.73 Å². The van der Waals surface area contributed by atoms with Crippen molar-refractivity contribution < 1.29 is 9.53 Å². The van der Waals surface area contributed by atoms with Gasteiger partial charge in [-0.15, -0.1) is 0 Å². The Kier molecular flexibility index (Phi) is 4.66. The molecule has 0 aliphatic rings. The summed E-state index contributed by atoms with van der Waals surface area (Å²) in [5.41, 5.74) is 3.15. The molecule has 0 fully saturated rings. The Morgan fingerprint density at radius 3 is 2.58 bits per heavy atom. The van der Waals surface area contributed by atoms with Crippen LogP contribution in [0.5, 0.6) is 5.75 Å². The van der Waals surface area contributed by atoms with E-state index in [0.717, 1.165) is 27.8 Å². The van der Waals surface area contributed by atoms with E-state index < -0.39 is 0 Å². The fourth-order valence-corrected chi connectivity index (χ4v) is 2.49. The minimum absolute atomic E-state index is 0.110. The molecular weight excluding hydrogens is 300 g/mol. The van der Waals surface area contributed by atoms with E-state index in [2.05, 4.69) is 17.6 Å². The van der Waals surface area contributed by atoms with Crippen molar-refractivity contribution in [2.45, 2.75) is 13.8 Å². The highest BCUT2D eigenvalue weighted by Gasteiger charge is 2.05. The van der Waals surface area contributed by atoms with E-state index >= 15 is 0 Å². The molecule has 0 spiro atoms. The molecule has 0 radical (unpaired) electrons. The summed E-state index contributed by atoms with van der Waals surface area (Å²) in [6, 6.07) is 19.3. The number of nitrogens with one attached hydrogen (secondary N) is 2. The van der Waals surface area contributed by atoms with Crippen molar-refractivity contribution in [2.75, 3.05) is 12.0 Å². The van der Waals surface area contributed by atoms with Crippen LogP contribution in [0, 0.1) is 13.8 Å². The van der Waals surface area contributed by atoms with Crippen LogP contribution in [-0.4, -0.2) is 12.8 Å². The van der Waals surface area contributed by atoms with E-state index in [1.54, 1.807) is 0 Å². The minimum atomic E-state index is -0.296. The number of urea groups is 1. The molecule has 2 N–H and O–H groups in total. The Labute approximate surface area is 141 Å².